The predicted octanol–water partition coefficient (Wildman–Crippen LogP) is 4.02. The molecule has 1 fully saturated rings. The first-order chi connectivity index (χ1) is 11.1. The van der Waals surface area contributed by atoms with E-state index in [4.69, 9.17) is 4.74 Å². The van der Waals surface area contributed by atoms with Crippen LogP contribution in [0.4, 0.5) is 4.79 Å². The van der Waals surface area contributed by atoms with Gasteiger partial charge in [0.1, 0.15) is 12.6 Å². The Labute approximate surface area is 147 Å². The number of cyclic esters (lactones) is 1. The first-order valence-electron chi connectivity index (χ1n) is 7.14. The van der Waals surface area contributed by atoms with Gasteiger partial charge >= 0.3 is 6.09 Å². The van der Waals surface area contributed by atoms with Gasteiger partial charge in [0, 0.05) is 9.65 Å². The van der Waals surface area contributed by atoms with Crippen LogP contribution in [-0.4, -0.2) is 23.5 Å². The minimum absolute atomic E-state index is 0.186. The molecule has 0 spiro atoms. The van der Waals surface area contributed by atoms with Crippen molar-refractivity contribution in [3.05, 3.63) is 75.4 Å². The first-order valence-corrected chi connectivity index (χ1v) is 8.21. The average molecular weight is 419 g/mol. The van der Waals surface area contributed by atoms with Crippen LogP contribution in [0.15, 0.2) is 60.7 Å². The molecule has 5 heteroatoms. The summed E-state index contributed by atoms with van der Waals surface area (Å²) in [5, 5.41) is 0. The summed E-state index contributed by atoms with van der Waals surface area (Å²) in [6, 6.07) is 16.8. The van der Waals surface area contributed by atoms with Crippen LogP contribution in [0.3, 0.4) is 0 Å². The van der Waals surface area contributed by atoms with Crippen molar-refractivity contribution in [1.29, 1.82) is 0 Å². The predicted molar refractivity (Wildman–Crippen MR) is 95.6 cm³/mol. The summed E-state index contributed by atoms with van der Waals surface area (Å²) < 4.78 is 6.14. The smallest absolute Gasteiger partial charge is 0.417 e. The maximum atomic E-state index is 12.4. The fourth-order valence-electron chi connectivity index (χ4n) is 2.44. The highest BCUT2D eigenvalue weighted by atomic mass is 127. The van der Waals surface area contributed by atoms with E-state index in [9.17, 15) is 9.59 Å². The van der Waals surface area contributed by atoms with Crippen molar-refractivity contribution in [2.75, 3.05) is 6.61 Å². The summed E-state index contributed by atoms with van der Waals surface area (Å²) >= 11 is 2.21. The molecule has 1 saturated heterocycles. The van der Waals surface area contributed by atoms with Crippen molar-refractivity contribution in [3.63, 3.8) is 0 Å². The van der Waals surface area contributed by atoms with Crippen LogP contribution >= 0.6 is 22.6 Å². The average Bonchev–Trinajstić information content (AvgIpc) is 2.95. The van der Waals surface area contributed by atoms with Gasteiger partial charge in [-0.05, 0) is 51.9 Å². The van der Waals surface area contributed by atoms with Gasteiger partial charge in [0.25, 0.3) is 5.91 Å². The number of nitrogens with zero attached hydrogens (tertiary/aromatic N) is 1. The molecule has 0 unspecified atom stereocenters. The van der Waals surface area contributed by atoms with Gasteiger partial charge in [0.15, 0.2) is 0 Å². The Kier molecular flexibility index (Phi) is 4.76. The number of hydrogen-bond acceptors (Lipinski definition) is 3. The maximum Gasteiger partial charge on any atom is 0.417 e. The monoisotopic (exact) mass is 419 g/mol. The minimum Gasteiger partial charge on any atom is -0.446 e. The normalized spacial score (nSPS) is 17.5. The lowest BCUT2D eigenvalue weighted by molar-refractivity contribution is -0.124. The third-order valence-electron chi connectivity index (χ3n) is 3.56. The molecule has 0 saturated carbocycles. The van der Waals surface area contributed by atoms with E-state index in [1.807, 2.05) is 54.6 Å². The van der Waals surface area contributed by atoms with Gasteiger partial charge in [-0.2, -0.15) is 0 Å². The molecule has 0 radical (unpaired) electrons. The fourth-order valence-corrected chi connectivity index (χ4v) is 3.01. The molecule has 0 aromatic heterocycles. The zero-order valence-corrected chi connectivity index (χ0v) is 14.3. The van der Waals surface area contributed by atoms with Gasteiger partial charge in [0.2, 0.25) is 0 Å². The van der Waals surface area contributed by atoms with Crippen LogP contribution in [0, 0.1) is 3.57 Å². The van der Waals surface area contributed by atoms with Crippen molar-refractivity contribution >= 4 is 40.7 Å². The van der Waals surface area contributed by atoms with E-state index in [0.29, 0.717) is 0 Å². The lowest BCUT2D eigenvalue weighted by Gasteiger charge is -2.18. The van der Waals surface area contributed by atoms with Crippen LogP contribution in [0.5, 0.6) is 0 Å². The molecule has 0 N–H and O–H groups in total. The molecule has 116 valence electrons. The lowest BCUT2D eigenvalue weighted by atomic mass is 10.1. The number of rotatable bonds is 3. The second-order valence-corrected chi connectivity index (χ2v) is 6.35. The fraction of sp³-hybridized carbons (Fsp3) is 0.111. The Morgan fingerprint density at radius 1 is 1.17 bits per heavy atom. The van der Waals surface area contributed by atoms with Crippen LogP contribution in [0.25, 0.3) is 6.08 Å². The van der Waals surface area contributed by atoms with Gasteiger partial charge in [-0.1, -0.05) is 42.5 Å². The van der Waals surface area contributed by atoms with Gasteiger partial charge < -0.3 is 4.74 Å². The third kappa shape index (κ3) is 3.61. The van der Waals surface area contributed by atoms with Crippen molar-refractivity contribution < 1.29 is 14.3 Å². The molecular formula is C18H14INO3. The topological polar surface area (TPSA) is 46.6 Å². The summed E-state index contributed by atoms with van der Waals surface area (Å²) in [4.78, 5) is 25.5. The van der Waals surface area contributed by atoms with Gasteiger partial charge in [0.05, 0.1) is 0 Å². The third-order valence-corrected chi connectivity index (χ3v) is 4.23. The summed E-state index contributed by atoms with van der Waals surface area (Å²) in [5.41, 5.74) is 1.79. The molecule has 2 amide bonds. The zero-order chi connectivity index (χ0) is 16.2. The van der Waals surface area contributed by atoms with Crippen molar-refractivity contribution in [1.82, 2.24) is 4.90 Å². The largest absolute Gasteiger partial charge is 0.446 e. The van der Waals surface area contributed by atoms with Crippen LogP contribution in [-0.2, 0) is 9.53 Å². The standard InChI is InChI=1S/C18H14INO3/c19-15-8-4-5-13(11-15)9-10-17(21)20-16(12-23-18(20)22)14-6-2-1-3-7-14/h1-11,16H,12H2/b10-9+/t16-/m0/s1. The molecule has 2 aromatic rings. The highest BCUT2D eigenvalue weighted by molar-refractivity contribution is 14.1. The van der Waals surface area contributed by atoms with E-state index in [1.165, 1.54) is 11.0 Å². The molecule has 1 aliphatic rings. The Hall–Kier alpha value is -2.15. The minimum atomic E-state index is -0.601. The van der Waals surface area contributed by atoms with E-state index in [1.54, 1.807) is 6.08 Å². The van der Waals surface area contributed by atoms with Crippen molar-refractivity contribution in [2.45, 2.75) is 6.04 Å². The number of carbonyl (C=O) groups excluding carboxylic acids is 2. The van der Waals surface area contributed by atoms with Crippen LogP contribution in [0.2, 0.25) is 0 Å². The summed E-state index contributed by atoms with van der Waals surface area (Å²) in [6.45, 7) is 0.186. The number of ether oxygens (including phenoxy) is 1. The first kappa shape index (κ1) is 15.7. The molecule has 2 aromatic carbocycles. The highest BCUT2D eigenvalue weighted by Gasteiger charge is 2.37. The number of benzene rings is 2. The molecule has 1 atom stereocenters. The van der Waals surface area contributed by atoms with E-state index in [-0.39, 0.29) is 18.6 Å². The molecule has 0 aliphatic carbocycles. The van der Waals surface area contributed by atoms with Gasteiger partial charge in [-0.15, -0.1) is 0 Å². The number of halogens is 1. The Balaban J connectivity index is 1.80. The molecule has 4 nitrogen and oxygen atoms in total. The second kappa shape index (κ2) is 6.95. The second-order valence-electron chi connectivity index (χ2n) is 5.10. The summed E-state index contributed by atoms with van der Waals surface area (Å²) in [6.07, 6.45) is 2.52. The SMILES string of the molecule is O=C(/C=C/c1cccc(I)c1)N1C(=O)OC[C@H]1c1ccccc1. The Morgan fingerprint density at radius 2 is 1.96 bits per heavy atom. The molecule has 3 rings (SSSR count). The van der Waals surface area contributed by atoms with E-state index >= 15 is 0 Å². The lowest BCUT2D eigenvalue weighted by Crippen LogP contribution is -2.32. The quantitative estimate of drug-likeness (QED) is 0.558. The van der Waals surface area contributed by atoms with Crippen molar-refractivity contribution in [3.8, 4) is 0 Å². The number of imide groups is 1. The number of hydrogen-bond donors (Lipinski definition) is 0. The van der Waals surface area contributed by atoms with Gasteiger partial charge in [-0.3, -0.25) is 4.79 Å². The van der Waals surface area contributed by atoms with E-state index in [0.717, 1.165) is 14.7 Å². The number of amides is 2. The Bertz CT molecular complexity index is 758. The Morgan fingerprint density at radius 3 is 2.70 bits per heavy atom. The van der Waals surface area contributed by atoms with Gasteiger partial charge in [-0.25, -0.2) is 9.69 Å². The summed E-state index contributed by atoms with van der Waals surface area (Å²) in [7, 11) is 0. The molecule has 23 heavy (non-hydrogen) atoms. The van der Waals surface area contributed by atoms with E-state index in [2.05, 4.69) is 22.6 Å². The maximum absolute atomic E-state index is 12.4. The highest BCUT2D eigenvalue weighted by Crippen LogP contribution is 2.27. The zero-order valence-electron chi connectivity index (χ0n) is 12.2. The van der Waals surface area contributed by atoms with Crippen molar-refractivity contribution in [2.24, 2.45) is 0 Å². The molecule has 1 heterocycles. The number of carbonyl (C=O) groups is 2. The van der Waals surface area contributed by atoms with E-state index < -0.39 is 6.09 Å². The van der Waals surface area contributed by atoms with Crippen LogP contribution in [0.1, 0.15) is 17.2 Å². The molecular weight excluding hydrogens is 405 g/mol. The summed E-state index contributed by atoms with van der Waals surface area (Å²) in [5.74, 6) is -0.375. The van der Waals surface area contributed by atoms with Crippen LogP contribution < -0.4 is 0 Å². The molecule has 0 bridgehead atoms. The molecule has 1 aliphatic heterocycles.